The van der Waals surface area contributed by atoms with E-state index in [1.54, 1.807) is 0 Å². The highest BCUT2D eigenvalue weighted by Crippen LogP contribution is 2.47. The average molecular weight is 628 g/mol. The highest BCUT2D eigenvalue weighted by Gasteiger charge is 2.37. The Bertz CT molecular complexity index is 2070. The minimum atomic E-state index is -0.736. The molecular formula is C31H23F2N7O6. The molecule has 0 spiro atoms. The monoisotopic (exact) mass is 627 g/mol. The molecule has 3 heterocycles. The number of anilines is 2. The van der Waals surface area contributed by atoms with Crippen LogP contribution in [0.3, 0.4) is 0 Å². The molecule has 2 aliphatic rings. The van der Waals surface area contributed by atoms with E-state index in [9.17, 15) is 33.3 Å². The number of hydrogen-bond donors (Lipinski definition) is 0. The summed E-state index contributed by atoms with van der Waals surface area (Å²) < 4.78 is 34.9. The van der Waals surface area contributed by atoms with Gasteiger partial charge >= 0.3 is 5.69 Å². The van der Waals surface area contributed by atoms with Crippen LogP contribution in [0.5, 0.6) is 0 Å². The lowest BCUT2D eigenvalue weighted by atomic mass is 10.0. The van der Waals surface area contributed by atoms with E-state index in [1.807, 2.05) is 0 Å². The van der Waals surface area contributed by atoms with Crippen molar-refractivity contribution in [3.63, 3.8) is 0 Å². The molecule has 46 heavy (non-hydrogen) atoms. The van der Waals surface area contributed by atoms with E-state index in [0.29, 0.717) is 30.6 Å². The third-order valence-electron chi connectivity index (χ3n) is 8.11. The zero-order valence-electron chi connectivity index (χ0n) is 23.9. The van der Waals surface area contributed by atoms with Crippen LogP contribution >= 0.6 is 0 Å². The number of benzene rings is 3. The summed E-state index contributed by atoms with van der Waals surface area (Å²) in [7, 11) is 0. The highest BCUT2D eigenvalue weighted by atomic mass is 19.1. The lowest BCUT2D eigenvalue weighted by Gasteiger charge is -2.25. The SMILES string of the molecule is O=C1c2cccc(F)c2C(=O)N1CCCCn1cc(C(=O)N(c2ccc(F)cc2C2CC2)c2ccc([N+](=O)[O-])c3nonc23)cn1. The van der Waals surface area contributed by atoms with Gasteiger partial charge in [0.25, 0.3) is 17.7 Å². The fourth-order valence-electron chi connectivity index (χ4n) is 5.73. The smallest absolute Gasteiger partial charge is 0.274 e. The summed E-state index contributed by atoms with van der Waals surface area (Å²) in [6, 6.07) is 10.6. The summed E-state index contributed by atoms with van der Waals surface area (Å²) in [6.45, 7) is 0.423. The number of halogens is 2. The third kappa shape index (κ3) is 4.95. The van der Waals surface area contributed by atoms with Gasteiger partial charge in [-0.2, -0.15) is 5.10 Å². The van der Waals surface area contributed by atoms with Crippen molar-refractivity contribution in [2.24, 2.45) is 0 Å². The molecule has 1 aliphatic carbocycles. The maximum Gasteiger partial charge on any atom is 0.300 e. The van der Waals surface area contributed by atoms with Crippen molar-refractivity contribution in [3.8, 4) is 0 Å². The van der Waals surface area contributed by atoms with Gasteiger partial charge in [0.1, 0.15) is 11.6 Å². The fourth-order valence-corrected chi connectivity index (χ4v) is 5.73. The summed E-state index contributed by atoms with van der Waals surface area (Å²) in [5.74, 6) is -2.92. The second kappa shape index (κ2) is 11.3. The Morgan fingerprint density at radius 2 is 1.76 bits per heavy atom. The molecule has 1 aliphatic heterocycles. The van der Waals surface area contributed by atoms with Crippen molar-refractivity contribution in [2.75, 3.05) is 11.4 Å². The first-order chi connectivity index (χ1) is 22.2. The molecule has 7 rings (SSSR count). The third-order valence-corrected chi connectivity index (χ3v) is 8.11. The first-order valence-corrected chi connectivity index (χ1v) is 14.4. The van der Waals surface area contributed by atoms with Gasteiger partial charge < -0.3 is 0 Å². The number of non-ortho nitro benzene ring substituents is 1. The van der Waals surface area contributed by atoms with Crippen molar-refractivity contribution >= 4 is 45.8 Å². The largest absolute Gasteiger partial charge is 0.300 e. The van der Waals surface area contributed by atoms with Crippen LogP contribution < -0.4 is 4.90 Å². The van der Waals surface area contributed by atoms with Gasteiger partial charge in [-0.25, -0.2) is 13.4 Å². The zero-order valence-corrected chi connectivity index (χ0v) is 23.9. The number of aromatic nitrogens is 4. The number of fused-ring (bicyclic) bond motifs is 2. The number of unbranched alkanes of at least 4 members (excludes halogenated alkanes) is 1. The van der Waals surface area contributed by atoms with E-state index in [0.717, 1.165) is 23.8 Å². The van der Waals surface area contributed by atoms with Gasteiger partial charge in [0.05, 0.1) is 39.2 Å². The van der Waals surface area contributed by atoms with Crippen LogP contribution in [0.4, 0.5) is 25.8 Å². The lowest BCUT2D eigenvalue weighted by Crippen LogP contribution is -2.31. The van der Waals surface area contributed by atoms with Gasteiger partial charge in [0, 0.05) is 25.4 Å². The van der Waals surface area contributed by atoms with Crippen LogP contribution in [0.25, 0.3) is 11.0 Å². The van der Waals surface area contributed by atoms with Gasteiger partial charge in [-0.1, -0.05) is 6.07 Å². The second-order valence-corrected chi connectivity index (χ2v) is 11.1. The van der Waals surface area contributed by atoms with E-state index in [1.165, 1.54) is 64.4 Å². The Morgan fingerprint density at radius 3 is 2.52 bits per heavy atom. The molecular weight excluding hydrogens is 604 g/mol. The number of carbonyl (C=O) groups is 3. The zero-order chi connectivity index (χ0) is 32.1. The number of nitrogens with zero attached hydrogens (tertiary/aromatic N) is 7. The summed E-state index contributed by atoms with van der Waals surface area (Å²) in [6.07, 6.45) is 5.40. The molecule has 3 aromatic carbocycles. The van der Waals surface area contributed by atoms with Gasteiger partial charge in [-0.15, -0.1) is 0 Å². The van der Waals surface area contributed by atoms with Crippen LogP contribution in [0.1, 0.15) is 68.2 Å². The molecule has 2 aromatic heterocycles. The second-order valence-electron chi connectivity index (χ2n) is 11.1. The van der Waals surface area contributed by atoms with Crippen molar-refractivity contribution in [2.45, 2.75) is 38.1 Å². The van der Waals surface area contributed by atoms with Crippen LogP contribution in [0.2, 0.25) is 0 Å². The maximum absolute atomic E-state index is 14.4. The van der Waals surface area contributed by atoms with Crippen molar-refractivity contribution < 1.29 is 32.7 Å². The number of imide groups is 1. The summed E-state index contributed by atoms with van der Waals surface area (Å²) in [5, 5.41) is 23.4. The molecule has 1 saturated carbocycles. The molecule has 0 atom stereocenters. The Morgan fingerprint density at radius 1 is 1.00 bits per heavy atom. The molecule has 13 nitrogen and oxygen atoms in total. The van der Waals surface area contributed by atoms with E-state index >= 15 is 0 Å². The minimum absolute atomic E-state index is 0.0194. The highest BCUT2D eigenvalue weighted by molar-refractivity contribution is 6.21. The number of hydrogen-bond acceptors (Lipinski definition) is 9. The summed E-state index contributed by atoms with van der Waals surface area (Å²) in [4.78, 5) is 52.7. The number of rotatable bonds is 10. The van der Waals surface area contributed by atoms with Gasteiger partial charge in [-0.05, 0) is 83.9 Å². The van der Waals surface area contributed by atoms with Crippen LogP contribution in [-0.4, -0.2) is 54.2 Å². The molecule has 0 bridgehead atoms. The number of aryl methyl sites for hydroxylation is 1. The van der Waals surface area contributed by atoms with Crippen molar-refractivity contribution in [3.05, 3.63) is 105 Å². The number of nitro groups is 1. The summed E-state index contributed by atoms with van der Waals surface area (Å²) in [5.41, 5.74) is 0.630. The van der Waals surface area contributed by atoms with Crippen molar-refractivity contribution in [1.82, 2.24) is 25.0 Å². The fraction of sp³-hybridized carbons (Fsp3) is 0.226. The maximum atomic E-state index is 14.4. The first kappa shape index (κ1) is 28.9. The Balaban J connectivity index is 1.13. The van der Waals surface area contributed by atoms with Crippen LogP contribution in [0.15, 0.2) is 65.6 Å². The summed E-state index contributed by atoms with van der Waals surface area (Å²) >= 11 is 0. The first-order valence-electron chi connectivity index (χ1n) is 14.4. The minimum Gasteiger partial charge on any atom is -0.274 e. The molecule has 0 radical (unpaired) electrons. The molecule has 232 valence electrons. The molecule has 1 fully saturated rings. The number of carbonyl (C=O) groups excluding carboxylic acids is 3. The van der Waals surface area contributed by atoms with E-state index in [2.05, 4.69) is 15.4 Å². The van der Waals surface area contributed by atoms with Crippen molar-refractivity contribution in [1.29, 1.82) is 0 Å². The topological polar surface area (TPSA) is 158 Å². The number of amides is 3. The molecule has 0 unspecified atom stereocenters. The quantitative estimate of drug-likeness (QED) is 0.0839. The molecule has 0 saturated heterocycles. The molecule has 0 N–H and O–H groups in total. The predicted octanol–water partition coefficient (Wildman–Crippen LogP) is 5.54. The Labute approximate surface area is 258 Å². The molecule has 3 amide bonds. The van der Waals surface area contributed by atoms with Gasteiger partial charge in [-0.3, -0.25) is 39.0 Å². The van der Waals surface area contributed by atoms with Gasteiger partial charge in [0.15, 0.2) is 5.52 Å². The predicted molar refractivity (Wildman–Crippen MR) is 157 cm³/mol. The molecule has 15 heteroatoms. The van der Waals surface area contributed by atoms with Crippen LogP contribution in [-0.2, 0) is 6.54 Å². The Hall–Kier alpha value is -5.86. The standard InChI is InChI=1S/C31H23F2N7O6/c32-19-8-9-23(21(14-19)17-6-7-17)39(24-10-11-25(40(44)45)28-27(24)35-46-36-28)29(41)18-15-34-37(16-18)12-1-2-13-38-30(42)20-4-3-5-22(33)26(20)31(38)43/h3-5,8-11,14-17H,1-2,6-7,12-13H2. The normalized spacial score (nSPS) is 14.3. The van der Waals surface area contributed by atoms with E-state index in [4.69, 9.17) is 4.63 Å². The van der Waals surface area contributed by atoms with E-state index < -0.39 is 34.3 Å². The van der Waals surface area contributed by atoms with E-state index in [-0.39, 0.29) is 51.6 Å². The average Bonchev–Trinajstić information content (AvgIpc) is 3.46. The Kier molecular flexibility index (Phi) is 7.06. The lowest BCUT2D eigenvalue weighted by molar-refractivity contribution is -0.383. The molecule has 5 aromatic rings. The van der Waals surface area contributed by atoms with Gasteiger partial charge in [0.2, 0.25) is 5.52 Å². The number of nitro benzene ring substituents is 1. The van der Waals surface area contributed by atoms with Crippen LogP contribution in [0, 0.1) is 21.7 Å².